The van der Waals surface area contributed by atoms with Crippen LogP contribution in [0.25, 0.3) is 0 Å². The summed E-state index contributed by atoms with van der Waals surface area (Å²) in [6, 6.07) is 1.82. The monoisotopic (exact) mass is 278 g/mol. The smallest absolute Gasteiger partial charge is 0.349 e. The van der Waals surface area contributed by atoms with Gasteiger partial charge in [0.25, 0.3) is 5.91 Å². The van der Waals surface area contributed by atoms with Crippen LogP contribution < -0.4 is 16.3 Å². The number of amides is 1. The van der Waals surface area contributed by atoms with Gasteiger partial charge in [0.05, 0.1) is 0 Å². The van der Waals surface area contributed by atoms with Crippen molar-refractivity contribution in [3.05, 3.63) is 33.4 Å². The summed E-state index contributed by atoms with van der Waals surface area (Å²) >= 11 is 0. The Hall–Kier alpha value is -1.62. The maximum absolute atomic E-state index is 12.1. The number of carbonyl (C=O) groups excluding carboxylic acids is 1. The minimum atomic E-state index is -0.538. The molecular formula is C15H22N2O3. The van der Waals surface area contributed by atoms with E-state index < -0.39 is 5.63 Å². The van der Waals surface area contributed by atoms with Gasteiger partial charge in [0.15, 0.2) is 0 Å². The Morgan fingerprint density at radius 2 is 2.25 bits per heavy atom. The van der Waals surface area contributed by atoms with Gasteiger partial charge in [-0.25, -0.2) is 4.79 Å². The molecule has 0 radical (unpaired) electrons. The van der Waals surface area contributed by atoms with Gasteiger partial charge in [0, 0.05) is 18.5 Å². The van der Waals surface area contributed by atoms with Gasteiger partial charge in [-0.1, -0.05) is 0 Å². The van der Waals surface area contributed by atoms with E-state index in [1.807, 2.05) is 19.9 Å². The van der Waals surface area contributed by atoms with Crippen LogP contribution >= 0.6 is 0 Å². The summed E-state index contributed by atoms with van der Waals surface area (Å²) in [6.45, 7) is 7.33. The third-order valence-corrected chi connectivity index (χ3v) is 3.51. The summed E-state index contributed by atoms with van der Waals surface area (Å²) in [4.78, 5) is 24.1. The summed E-state index contributed by atoms with van der Waals surface area (Å²) in [5.41, 5.74) is 0.259. The van der Waals surface area contributed by atoms with E-state index in [0.717, 1.165) is 25.9 Å². The number of rotatable bonds is 3. The molecule has 1 aliphatic rings. The quantitative estimate of drug-likeness (QED) is 0.880. The van der Waals surface area contributed by atoms with E-state index in [1.54, 1.807) is 6.92 Å². The zero-order valence-electron chi connectivity index (χ0n) is 12.3. The van der Waals surface area contributed by atoms with Gasteiger partial charge in [0.1, 0.15) is 11.3 Å². The average molecular weight is 278 g/mol. The van der Waals surface area contributed by atoms with Crippen molar-refractivity contribution < 1.29 is 9.21 Å². The van der Waals surface area contributed by atoms with E-state index in [9.17, 15) is 9.59 Å². The fraction of sp³-hybridized carbons (Fsp3) is 0.600. The van der Waals surface area contributed by atoms with Crippen molar-refractivity contribution in [3.8, 4) is 0 Å². The van der Waals surface area contributed by atoms with Crippen LogP contribution in [0.3, 0.4) is 0 Å². The minimum Gasteiger partial charge on any atom is -0.427 e. The molecule has 5 heteroatoms. The predicted octanol–water partition coefficient (Wildman–Crippen LogP) is 1.55. The summed E-state index contributed by atoms with van der Waals surface area (Å²) in [5, 5.41) is 6.02. The van der Waals surface area contributed by atoms with Crippen LogP contribution in [-0.2, 0) is 0 Å². The number of hydrogen-bond donors (Lipinski definition) is 2. The SMILES string of the molecule is Cc1cc(C2CCCNC2)oc(=O)c1C(=O)NC(C)C. The Kier molecular flexibility index (Phi) is 4.60. The molecule has 5 nitrogen and oxygen atoms in total. The minimum absolute atomic E-state index is 0.0106. The second kappa shape index (κ2) is 6.22. The topological polar surface area (TPSA) is 71.3 Å². The first-order valence-electron chi connectivity index (χ1n) is 7.15. The first-order chi connectivity index (χ1) is 9.49. The van der Waals surface area contributed by atoms with Crippen molar-refractivity contribution in [2.75, 3.05) is 13.1 Å². The molecule has 0 spiro atoms. The lowest BCUT2D eigenvalue weighted by atomic mass is 9.95. The summed E-state index contributed by atoms with van der Waals surface area (Å²) < 4.78 is 5.38. The largest absolute Gasteiger partial charge is 0.427 e. The molecule has 1 amide bonds. The maximum Gasteiger partial charge on any atom is 0.349 e. The van der Waals surface area contributed by atoms with Crippen LogP contribution in [0.1, 0.15) is 54.3 Å². The molecule has 1 saturated heterocycles. The second-order valence-electron chi connectivity index (χ2n) is 5.67. The van der Waals surface area contributed by atoms with Crippen molar-refractivity contribution >= 4 is 5.91 Å². The van der Waals surface area contributed by atoms with Crippen LogP contribution in [0.4, 0.5) is 0 Å². The van der Waals surface area contributed by atoms with Gasteiger partial charge < -0.3 is 15.1 Å². The highest BCUT2D eigenvalue weighted by molar-refractivity contribution is 5.95. The third kappa shape index (κ3) is 3.28. The summed E-state index contributed by atoms with van der Waals surface area (Å²) in [6.07, 6.45) is 2.08. The van der Waals surface area contributed by atoms with E-state index in [-0.39, 0.29) is 23.4 Å². The summed E-state index contributed by atoms with van der Waals surface area (Å²) in [5.74, 6) is 0.540. The fourth-order valence-corrected chi connectivity index (χ4v) is 2.54. The van der Waals surface area contributed by atoms with Crippen molar-refractivity contribution in [1.29, 1.82) is 0 Å². The molecule has 0 aromatic carbocycles. The fourth-order valence-electron chi connectivity index (χ4n) is 2.54. The summed E-state index contributed by atoms with van der Waals surface area (Å²) in [7, 11) is 0. The number of aryl methyl sites for hydroxylation is 1. The highest BCUT2D eigenvalue weighted by Crippen LogP contribution is 2.23. The molecule has 0 aliphatic carbocycles. The lowest BCUT2D eigenvalue weighted by Crippen LogP contribution is -2.35. The van der Waals surface area contributed by atoms with E-state index in [0.29, 0.717) is 11.3 Å². The zero-order chi connectivity index (χ0) is 14.7. The third-order valence-electron chi connectivity index (χ3n) is 3.51. The van der Waals surface area contributed by atoms with Gasteiger partial charge >= 0.3 is 5.63 Å². The van der Waals surface area contributed by atoms with Crippen LogP contribution in [0.15, 0.2) is 15.3 Å². The van der Waals surface area contributed by atoms with Crippen molar-refractivity contribution in [2.24, 2.45) is 0 Å². The molecule has 1 fully saturated rings. The normalized spacial score (nSPS) is 19.1. The Morgan fingerprint density at radius 1 is 1.50 bits per heavy atom. The molecule has 2 heterocycles. The Labute approximate surface area is 118 Å². The molecule has 1 aromatic heterocycles. The van der Waals surface area contributed by atoms with Gasteiger partial charge in [-0.15, -0.1) is 0 Å². The average Bonchev–Trinajstić information content (AvgIpc) is 2.38. The molecule has 1 aliphatic heterocycles. The standard InChI is InChI=1S/C15H22N2O3/c1-9(2)17-14(18)13-10(3)7-12(20-15(13)19)11-5-4-6-16-8-11/h7,9,11,16H,4-6,8H2,1-3H3,(H,17,18). The van der Waals surface area contributed by atoms with Crippen LogP contribution in [0, 0.1) is 6.92 Å². The number of nitrogens with one attached hydrogen (secondary N) is 2. The number of hydrogen-bond acceptors (Lipinski definition) is 4. The van der Waals surface area contributed by atoms with Crippen LogP contribution in [0.2, 0.25) is 0 Å². The first kappa shape index (κ1) is 14.8. The van der Waals surface area contributed by atoms with E-state index in [2.05, 4.69) is 10.6 Å². The molecule has 2 N–H and O–H groups in total. The van der Waals surface area contributed by atoms with E-state index >= 15 is 0 Å². The molecule has 1 aromatic rings. The zero-order valence-corrected chi connectivity index (χ0v) is 12.3. The van der Waals surface area contributed by atoms with Crippen molar-refractivity contribution in [3.63, 3.8) is 0 Å². The predicted molar refractivity (Wildman–Crippen MR) is 77.2 cm³/mol. The number of carbonyl (C=O) groups is 1. The van der Waals surface area contributed by atoms with Gasteiger partial charge in [-0.3, -0.25) is 4.79 Å². The Bertz CT molecular complexity index is 543. The molecule has 20 heavy (non-hydrogen) atoms. The lowest BCUT2D eigenvalue weighted by Gasteiger charge is -2.22. The highest BCUT2D eigenvalue weighted by atomic mass is 16.4. The first-order valence-corrected chi connectivity index (χ1v) is 7.15. The molecule has 1 unspecified atom stereocenters. The van der Waals surface area contributed by atoms with Crippen molar-refractivity contribution in [2.45, 2.75) is 45.6 Å². The van der Waals surface area contributed by atoms with Gasteiger partial charge in [-0.2, -0.15) is 0 Å². The van der Waals surface area contributed by atoms with E-state index in [4.69, 9.17) is 4.42 Å². The van der Waals surface area contributed by atoms with Crippen LogP contribution in [-0.4, -0.2) is 25.0 Å². The second-order valence-corrected chi connectivity index (χ2v) is 5.67. The number of piperidine rings is 1. The van der Waals surface area contributed by atoms with Gasteiger partial charge in [0.2, 0.25) is 0 Å². The molecule has 1 atom stereocenters. The molecule has 110 valence electrons. The van der Waals surface area contributed by atoms with E-state index in [1.165, 1.54) is 0 Å². The lowest BCUT2D eigenvalue weighted by molar-refractivity contribution is 0.0938. The molecule has 0 bridgehead atoms. The molecular weight excluding hydrogens is 256 g/mol. The Morgan fingerprint density at radius 3 is 2.80 bits per heavy atom. The van der Waals surface area contributed by atoms with Gasteiger partial charge in [-0.05, 0) is 51.8 Å². The molecule has 0 saturated carbocycles. The van der Waals surface area contributed by atoms with Crippen molar-refractivity contribution in [1.82, 2.24) is 10.6 Å². The molecule has 2 rings (SSSR count). The van der Waals surface area contributed by atoms with Crippen LogP contribution in [0.5, 0.6) is 0 Å². The Balaban J connectivity index is 2.28. The highest BCUT2D eigenvalue weighted by Gasteiger charge is 2.22. The maximum atomic E-state index is 12.1.